The molecule has 0 aliphatic heterocycles. The summed E-state index contributed by atoms with van der Waals surface area (Å²) in [5, 5.41) is 14.4. The standard InChI is InChI=1S/C16H30N2O3/c1-15(2)9-12(10-16(3,4)11-15)18-14(21)17-8-6-5-7-13(19)20/h12H,5-11H2,1-4H3,(H,19,20)(H2,17,18,21). The molecule has 0 heterocycles. The molecule has 0 radical (unpaired) electrons. The monoisotopic (exact) mass is 298 g/mol. The van der Waals surface area contributed by atoms with Gasteiger partial charge in [-0.3, -0.25) is 4.79 Å². The fourth-order valence-corrected chi connectivity index (χ4v) is 3.79. The van der Waals surface area contributed by atoms with E-state index in [0.29, 0.717) is 19.4 Å². The number of carboxylic acids is 1. The molecule has 1 rings (SSSR count). The van der Waals surface area contributed by atoms with E-state index in [9.17, 15) is 9.59 Å². The second-order valence-electron chi connectivity index (χ2n) is 7.86. The number of amides is 2. The zero-order chi connectivity index (χ0) is 16.1. The lowest BCUT2D eigenvalue weighted by Crippen LogP contribution is -2.49. The first-order valence-electron chi connectivity index (χ1n) is 7.86. The van der Waals surface area contributed by atoms with Gasteiger partial charge < -0.3 is 15.7 Å². The van der Waals surface area contributed by atoms with Crippen molar-refractivity contribution in [2.24, 2.45) is 10.8 Å². The fourth-order valence-electron chi connectivity index (χ4n) is 3.79. The maximum atomic E-state index is 11.9. The molecule has 2 amide bonds. The van der Waals surface area contributed by atoms with Crippen LogP contribution in [0, 0.1) is 10.8 Å². The van der Waals surface area contributed by atoms with Gasteiger partial charge in [0.2, 0.25) is 0 Å². The smallest absolute Gasteiger partial charge is 0.315 e. The van der Waals surface area contributed by atoms with Crippen LogP contribution in [0.4, 0.5) is 4.79 Å². The van der Waals surface area contributed by atoms with E-state index in [0.717, 1.165) is 12.8 Å². The molecule has 3 N–H and O–H groups in total. The summed E-state index contributed by atoms with van der Waals surface area (Å²) in [5.41, 5.74) is 0.502. The Morgan fingerprint density at radius 3 is 2.19 bits per heavy atom. The van der Waals surface area contributed by atoms with Crippen LogP contribution in [0.3, 0.4) is 0 Å². The Bertz CT molecular complexity index is 362. The zero-order valence-corrected chi connectivity index (χ0v) is 13.8. The van der Waals surface area contributed by atoms with Crippen molar-refractivity contribution in [2.45, 2.75) is 72.3 Å². The number of nitrogens with one attached hydrogen (secondary N) is 2. The Labute approximate surface area is 127 Å². The van der Waals surface area contributed by atoms with Crippen molar-refractivity contribution in [3.05, 3.63) is 0 Å². The van der Waals surface area contributed by atoms with Gasteiger partial charge in [-0.2, -0.15) is 0 Å². The van der Waals surface area contributed by atoms with Crippen molar-refractivity contribution in [3.63, 3.8) is 0 Å². The summed E-state index contributed by atoms with van der Waals surface area (Å²) in [6, 6.07) is 0.0756. The number of aliphatic carboxylic acids is 1. The maximum absolute atomic E-state index is 11.9. The van der Waals surface area contributed by atoms with Crippen LogP contribution < -0.4 is 10.6 Å². The summed E-state index contributed by atoms with van der Waals surface area (Å²) in [6.07, 6.45) is 4.63. The molecule has 122 valence electrons. The highest BCUT2D eigenvalue weighted by atomic mass is 16.4. The molecule has 1 saturated carbocycles. The van der Waals surface area contributed by atoms with Gasteiger partial charge in [0.25, 0.3) is 0 Å². The molecule has 21 heavy (non-hydrogen) atoms. The SMILES string of the molecule is CC1(C)CC(NC(=O)NCCCCC(=O)O)CC(C)(C)C1. The molecule has 0 atom stereocenters. The number of carbonyl (C=O) groups is 2. The summed E-state index contributed by atoms with van der Waals surface area (Å²) in [6.45, 7) is 9.55. The van der Waals surface area contributed by atoms with Gasteiger partial charge in [0.1, 0.15) is 0 Å². The molecule has 0 saturated heterocycles. The Morgan fingerprint density at radius 2 is 1.67 bits per heavy atom. The van der Waals surface area contributed by atoms with Crippen molar-refractivity contribution < 1.29 is 14.7 Å². The molecule has 0 unspecified atom stereocenters. The molecular weight excluding hydrogens is 268 g/mol. The van der Waals surface area contributed by atoms with Gasteiger partial charge in [-0.05, 0) is 42.9 Å². The van der Waals surface area contributed by atoms with Crippen molar-refractivity contribution in [2.75, 3.05) is 6.54 Å². The van der Waals surface area contributed by atoms with Crippen molar-refractivity contribution in [1.29, 1.82) is 0 Å². The van der Waals surface area contributed by atoms with Gasteiger partial charge in [-0.15, -0.1) is 0 Å². The van der Waals surface area contributed by atoms with E-state index >= 15 is 0 Å². The lowest BCUT2D eigenvalue weighted by atomic mass is 9.63. The van der Waals surface area contributed by atoms with Gasteiger partial charge in [-0.1, -0.05) is 27.7 Å². The molecule has 1 fully saturated rings. The van der Waals surface area contributed by atoms with Crippen LogP contribution in [0.2, 0.25) is 0 Å². The van der Waals surface area contributed by atoms with E-state index in [2.05, 4.69) is 38.3 Å². The van der Waals surface area contributed by atoms with E-state index in [-0.39, 0.29) is 29.3 Å². The topological polar surface area (TPSA) is 78.4 Å². The minimum Gasteiger partial charge on any atom is -0.481 e. The molecule has 5 nitrogen and oxygen atoms in total. The lowest BCUT2D eigenvalue weighted by Gasteiger charge is -2.45. The molecule has 0 bridgehead atoms. The summed E-state index contributed by atoms with van der Waals surface area (Å²) in [7, 11) is 0. The predicted octanol–water partition coefficient (Wildman–Crippen LogP) is 3.15. The highest BCUT2D eigenvalue weighted by Gasteiger charge is 2.38. The number of carbonyl (C=O) groups excluding carboxylic acids is 1. The van der Waals surface area contributed by atoms with Gasteiger partial charge in [0.05, 0.1) is 0 Å². The summed E-state index contributed by atoms with van der Waals surface area (Å²) < 4.78 is 0. The van der Waals surface area contributed by atoms with Gasteiger partial charge in [0, 0.05) is 19.0 Å². The van der Waals surface area contributed by atoms with E-state index in [1.807, 2.05) is 0 Å². The fraction of sp³-hybridized carbons (Fsp3) is 0.875. The van der Waals surface area contributed by atoms with E-state index in [1.54, 1.807) is 0 Å². The molecule has 0 aromatic rings. The number of hydrogen-bond donors (Lipinski definition) is 3. The first-order chi connectivity index (χ1) is 9.60. The van der Waals surface area contributed by atoms with Crippen molar-refractivity contribution >= 4 is 12.0 Å². The largest absolute Gasteiger partial charge is 0.481 e. The van der Waals surface area contributed by atoms with Crippen LogP contribution in [-0.2, 0) is 4.79 Å². The first-order valence-corrected chi connectivity index (χ1v) is 7.86. The third-order valence-electron chi connectivity index (χ3n) is 3.99. The van der Waals surface area contributed by atoms with E-state index < -0.39 is 5.97 Å². The van der Waals surface area contributed by atoms with Crippen LogP contribution in [0.25, 0.3) is 0 Å². The van der Waals surface area contributed by atoms with Crippen molar-refractivity contribution in [3.8, 4) is 0 Å². The maximum Gasteiger partial charge on any atom is 0.315 e. The Morgan fingerprint density at radius 1 is 1.10 bits per heavy atom. The van der Waals surface area contributed by atoms with Crippen LogP contribution >= 0.6 is 0 Å². The highest BCUT2D eigenvalue weighted by Crippen LogP contribution is 2.45. The van der Waals surface area contributed by atoms with Crippen molar-refractivity contribution in [1.82, 2.24) is 10.6 Å². The van der Waals surface area contributed by atoms with E-state index in [1.165, 1.54) is 6.42 Å². The zero-order valence-electron chi connectivity index (χ0n) is 13.8. The first kappa shape index (κ1) is 17.8. The summed E-state index contributed by atoms with van der Waals surface area (Å²) in [5.74, 6) is -0.786. The predicted molar refractivity (Wildman–Crippen MR) is 83.2 cm³/mol. The summed E-state index contributed by atoms with van der Waals surface area (Å²) >= 11 is 0. The Balaban J connectivity index is 2.29. The minimum absolute atomic E-state index is 0.135. The molecule has 5 heteroatoms. The molecule has 0 aromatic carbocycles. The highest BCUT2D eigenvalue weighted by molar-refractivity contribution is 5.74. The number of unbranched alkanes of at least 4 members (excludes halogenated alkanes) is 1. The minimum atomic E-state index is -0.786. The van der Waals surface area contributed by atoms with E-state index in [4.69, 9.17) is 5.11 Å². The second-order valence-corrected chi connectivity index (χ2v) is 7.86. The molecule has 0 aromatic heterocycles. The van der Waals surface area contributed by atoms with Crippen LogP contribution in [-0.4, -0.2) is 29.7 Å². The Hall–Kier alpha value is -1.26. The third-order valence-corrected chi connectivity index (χ3v) is 3.99. The quantitative estimate of drug-likeness (QED) is 0.659. The van der Waals surface area contributed by atoms with Crippen LogP contribution in [0.15, 0.2) is 0 Å². The van der Waals surface area contributed by atoms with Gasteiger partial charge in [0.15, 0.2) is 0 Å². The lowest BCUT2D eigenvalue weighted by molar-refractivity contribution is -0.137. The van der Waals surface area contributed by atoms with Crippen LogP contribution in [0.1, 0.15) is 66.2 Å². The molecule has 0 spiro atoms. The number of hydrogen-bond acceptors (Lipinski definition) is 2. The molecular formula is C16H30N2O3. The third kappa shape index (κ3) is 7.34. The second kappa shape index (κ2) is 7.14. The van der Waals surface area contributed by atoms with Gasteiger partial charge in [-0.25, -0.2) is 4.79 Å². The normalized spacial score (nSPS) is 20.8. The average molecular weight is 298 g/mol. The number of carboxylic acid groups (broad SMARTS) is 1. The average Bonchev–Trinajstić information content (AvgIpc) is 2.23. The van der Waals surface area contributed by atoms with Crippen LogP contribution in [0.5, 0.6) is 0 Å². The molecule has 1 aliphatic carbocycles. The molecule has 1 aliphatic rings. The number of rotatable bonds is 6. The van der Waals surface area contributed by atoms with Gasteiger partial charge >= 0.3 is 12.0 Å². The summed E-state index contributed by atoms with van der Waals surface area (Å²) in [4.78, 5) is 22.3. The Kier molecular flexibility index (Phi) is 6.05. The number of urea groups is 1.